The Labute approximate surface area is 208 Å². The molecule has 1 amide bonds. The number of carbonyl (C=O) groups is 1. The van der Waals surface area contributed by atoms with Gasteiger partial charge in [0.25, 0.3) is 5.91 Å². The zero-order chi connectivity index (χ0) is 26.9. The molecule has 0 saturated carbocycles. The lowest BCUT2D eigenvalue weighted by Crippen LogP contribution is -2.43. The number of hydrogen-bond acceptors (Lipinski definition) is 1. The number of nitrogens with one attached hydrogen (secondary N) is 1. The zero-order valence-corrected chi connectivity index (χ0v) is 20.3. The smallest absolute Gasteiger partial charge is 0.341 e. The minimum Gasteiger partial charge on any atom is -0.341 e. The second-order valence-corrected chi connectivity index (χ2v) is 8.91. The van der Waals surface area contributed by atoms with Gasteiger partial charge in [0, 0.05) is 14.5 Å². The van der Waals surface area contributed by atoms with Gasteiger partial charge < -0.3 is 5.32 Å². The van der Waals surface area contributed by atoms with Crippen LogP contribution in [0.25, 0.3) is 5.83 Å². The molecule has 192 valence electrons. The molecular formula is C21H13Br2F10NO. The minimum atomic E-state index is -5.33. The number of halogens is 12. The van der Waals surface area contributed by atoms with Gasteiger partial charge in [-0.3, -0.25) is 4.79 Å². The fourth-order valence-corrected chi connectivity index (χ4v) is 3.45. The van der Waals surface area contributed by atoms with E-state index in [-0.39, 0.29) is 16.6 Å². The number of benzene rings is 2. The van der Waals surface area contributed by atoms with Gasteiger partial charge in [-0.15, -0.1) is 0 Å². The summed E-state index contributed by atoms with van der Waals surface area (Å²) in [5.41, 5.74) is -4.45. The van der Waals surface area contributed by atoms with Crippen molar-refractivity contribution in [1.29, 1.82) is 0 Å². The average Bonchev–Trinajstić information content (AvgIpc) is 2.71. The van der Waals surface area contributed by atoms with E-state index in [1.165, 1.54) is 11.4 Å². The van der Waals surface area contributed by atoms with E-state index in [0.29, 0.717) is 23.5 Å². The van der Waals surface area contributed by atoms with Crippen LogP contribution in [0.15, 0.2) is 51.4 Å². The lowest BCUT2D eigenvalue weighted by Gasteiger charge is -2.20. The monoisotopic (exact) mass is 643 g/mol. The Morgan fingerprint density at radius 1 is 0.886 bits per heavy atom. The first-order valence-electron chi connectivity index (χ1n) is 9.30. The maximum Gasteiger partial charge on any atom is 0.417 e. The van der Waals surface area contributed by atoms with Gasteiger partial charge in [0.15, 0.2) is 0 Å². The molecule has 0 radical (unpaired) electrons. The van der Waals surface area contributed by atoms with Crippen LogP contribution in [0, 0.1) is 0 Å². The van der Waals surface area contributed by atoms with Gasteiger partial charge in [-0.05, 0) is 74.7 Å². The molecule has 0 saturated heterocycles. The van der Waals surface area contributed by atoms with E-state index < -0.39 is 64.5 Å². The third-order valence-corrected chi connectivity index (χ3v) is 6.53. The molecule has 0 heterocycles. The second kappa shape index (κ2) is 10.5. The summed E-state index contributed by atoms with van der Waals surface area (Å²) in [6.07, 6.45) is -15.2. The first kappa shape index (κ1) is 29.1. The number of allylic oxidation sites excluding steroid dienone is 1. The molecule has 35 heavy (non-hydrogen) atoms. The summed E-state index contributed by atoms with van der Waals surface area (Å²) < 4.78 is 135. The lowest BCUT2D eigenvalue weighted by atomic mass is 9.95. The number of hydrogen-bond donors (Lipinski definition) is 1. The van der Waals surface area contributed by atoms with E-state index in [1.807, 2.05) is 0 Å². The van der Waals surface area contributed by atoms with E-state index >= 15 is 0 Å². The number of rotatable bonds is 5. The standard InChI is InChI=1S/C21H13Br2F10NO/c1-9(19(25,26)27)34-18(35)12-4-2-11(6-14(12)21(31,32)33)17(24)8-13(20(28,29)30)10-3-5-15(22)16(23)7-10/h2-9,13H,1H3,(H,34,35)/b17-8-/t9-,13?/m1/s1. The Morgan fingerprint density at radius 3 is 1.97 bits per heavy atom. The summed E-state index contributed by atoms with van der Waals surface area (Å²) in [6, 6.07) is 1.85. The molecule has 0 aliphatic carbocycles. The summed E-state index contributed by atoms with van der Waals surface area (Å²) in [7, 11) is 0. The maximum absolute atomic E-state index is 14.8. The van der Waals surface area contributed by atoms with Crippen molar-refractivity contribution in [2.75, 3.05) is 0 Å². The lowest BCUT2D eigenvalue weighted by molar-refractivity contribution is -0.149. The van der Waals surface area contributed by atoms with Crippen molar-refractivity contribution in [3.63, 3.8) is 0 Å². The van der Waals surface area contributed by atoms with Crippen molar-refractivity contribution in [3.05, 3.63) is 73.7 Å². The topological polar surface area (TPSA) is 29.1 Å². The van der Waals surface area contributed by atoms with Gasteiger partial charge in [0.1, 0.15) is 17.8 Å². The highest BCUT2D eigenvalue weighted by molar-refractivity contribution is 9.13. The quantitative estimate of drug-likeness (QED) is 0.325. The first-order chi connectivity index (χ1) is 15.8. The van der Waals surface area contributed by atoms with Crippen LogP contribution < -0.4 is 5.32 Å². The molecule has 0 aromatic heterocycles. The van der Waals surface area contributed by atoms with Crippen LogP contribution in [0.1, 0.15) is 39.9 Å². The number of alkyl halides is 9. The summed E-state index contributed by atoms with van der Waals surface area (Å²) in [4.78, 5) is 12.0. The van der Waals surface area contributed by atoms with Crippen LogP contribution in [-0.2, 0) is 6.18 Å². The predicted octanol–water partition coefficient (Wildman–Crippen LogP) is 8.57. The molecule has 0 spiro atoms. The van der Waals surface area contributed by atoms with E-state index in [9.17, 15) is 48.7 Å². The van der Waals surface area contributed by atoms with Gasteiger partial charge >= 0.3 is 18.5 Å². The Balaban J connectivity index is 2.54. The molecule has 2 nitrogen and oxygen atoms in total. The molecule has 0 fully saturated rings. The molecule has 2 atom stereocenters. The van der Waals surface area contributed by atoms with Gasteiger partial charge in [0.05, 0.1) is 11.1 Å². The highest BCUT2D eigenvalue weighted by atomic mass is 79.9. The third-order valence-electron chi connectivity index (χ3n) is 4.65. The van der Waals surface area contributed by atoms with E-state index in [1.54, 1.807) is 0 Å². The minimum absolute atomic E-state index is 0.0595. The van der Waals surface area contributed by atoms with Crippen molar-refractivity contribution in [1.82, 2.24) is 5.32 Å². The largest absolute Gasteiger partial charge is 0.417 e. The van der Waals surface area contributed by atoms with Crippen molar-refractivity contribution >= 4 is 43.6 Å². The Kier molecular flexibility index (Phi) is 8.73. The van der Waals surface area contributed by atoms with Crippen LogP contribution in [0.4, 0.5) is 43.9 Å². The molecule has 0 aliphatic rings. The van der Waals surface area contributed by atoms with Crippen LogP contribution in [0.3, 0.4) is 0 Å². The van der Waals surface area contributed by atoms with Crippen molar-refractivity contribution in [2.45, 2.75) is 37.4 Å². The number of carbonyl (C=O) groups excluding carboxylic acids is 1. The molecule has 0 aliphatic heterocycles. The first-order valence-corrected chi connectivity index (χ1v) is 10.9. The van der Waals surface area contributed by atoms with Gasteiger partial charge in [-0.2, -0.15) is 39.5 Å². The van der Waals surface area contributed by atoms with Crippen molar-refractivity contribution in [3.8, 4) is 0 Å². The normalized spacial score (nSPS) is 15.1. The van der Waals surface area contributed by atoms with Gasteiger partial charge in [-0.1, -0.05) is 12.1 Å². The molecule has 14 heteroatoms. The van der Waals surface area contributed by atoms with Crippen LogP contribution in [0.5, 0.6) is 0 Å². The van der Waals surface area contributed by atoms with Gasteiger partial charge in [0.2, 0.25) is 0 Å². The van der Waals surface area contributed by atoms with Crippen LogP contribution in [0.2, 0.25) is 0 Å². The summed E-state index contributed by atoms with van der Waals surface area (Å²) in [6.45, 7) is 0.500. The van der Waals surface area contributed by atoms with E-state index in [2.05, 4.69) is 31.9 Å². The van der Waals surface area contributed by atoms with Crippen LogP contribution >= 0.6 is 31.9 Å². The fourth-order valence-electron chi connectivity index (χ4n) is 2.81. The predicted molar refractivity (Wildman–Crippen MR) is 114 cm³/mol. The summed E-state index contributed by atoms with van der Waals surface area (Å²) in [5, 5.41) is 1.35. The Hall–Kier alpha value is -2.09. The van der Waals surface area contributed by atoms with Crippen molar-refractivity contribution < 1.29 is 48.7 Å². The molecule has 1 unspecified atom stereocenters. The molecule has 0 bridgehead atoms. The van der Waals surface area contributed by atoms with E-state index in [4.69, 9.17) is 0 Å². The van der Waals surface area contributed by atoms with E-state index in [0.717, 1.165) is 12.1 Å². The number of amides is 1. The maximum atomic E-state index is 14.8. The molecular weight excluding hydrogens is 632 g/mol. The molecule has 2 rings (SSSR count). The summed E-state index contributed by atoms with van der Waals surface area (Å²) >= 11 is 6.08. The summed E-state index contributed by atoms with van der Waals surface area (Å²) in [5.74, 6) is -5.98. The van der Waals surface area contributed by atoms with Crippen LogP contribution in [-0.4, -0.2) is 24.3 Å². The average molecular weight is 645 g/mol. The highest BCUT2D eigenvalue weighted by Crippen LogP contribution is 2.41. The Morgan fingerprint density at radius 2 is 1.49 bits per heavy atom. The third kappa shape index (κ3) is 7.45. The second-order valence-electron chi connectivity index (χ2n) is 7.20. The fraction of sp³-hybridized carbons (Fsp3) is 0.286. The molecule has 2 aromatic carbocycles. The van der Waals surface area contributed by atoms with Crippen molar-refractivity contribution in [2.24, 2.45) is 0 Å². The van der Waals surface area contributed by atoms with Gasteiger partial charge in [-0.25, -0.2) is 4.39 Å². The molecule has 1 N–H and O–H groups in total. The molecule has 2 aromatic rings. The highest BCUT2D eigenvalue weighted by Gasteiger charge is 2.41. The zero-order valence-electron chi connectivity index (χ0n) is 17.1. The Bertz CT molecular complexity index is 1120. The SMILES string of the molecule is C[C@@H](NC(=O)c1ccc(/C(F)=C/C(c2ccc(Br)c(Br)c2)C(F)(F)F)cc1C(F)(F)F)C(F)(F)F.